The van der Waals surface area contributed by atoms with Gasteiger partial charge in [0, 0.05) is 6.92 Å². The number of hydrogen-bond acceptors (Lipinski definition) is 6. The van der Waals surface area contributed by atoms with Crippen LogP contribution in [-0.2, 0) is 23.9 Å². The largest absolute Gasteiger partial charge is 0.481 e. The third-order valence-corrected chi connectivity index (χ3v) is 6.75. The number of hydrogen-bond donors (Lipinski definition) is 3. The first-order valence-corrected chi connectivity index (χ1v) is 13.0. The van der Waals surface area contributed by atoms with Gasteiger partial charge in [0.15, 0.2) is 5.60 Å². The molecule has 0 saturated heterocycles. The third kappa shape index (κ3) is 9.01. The third-order valence-electron chi connectivity index (χ3n) is 6.75. The Morgan fingerprint density at radius 2 is 1.18 bits per heavy atom. The van der Waals surface area contributed by atoms with Gasteiger partial charge < -0.3 is 20.1 Å². The minimum atomic E-state index is -2.91. The van der Waals surface area contributed by atoms with Crippen molar-refractivity contribution in [1.29, 1.82) is 0 Å². The van der Waals surface area contributed by atoms with Gasteiger partial charge in [-0.25, -0.2) is 4.79 Å². The van der Waals surface area contributed by atoms with E-state index in [-0.39, 0.29) is 19.3 Å². The summed E-state index contributed by atoms with van der Waals surface area (Å²) in [5.41, 5.74) is -4.95. The van der Waals surface area contributed by atoms with Crippen LogP contribution in [0.2, 0.25) is 0 Å². The zero-order chi connectivity index (χ0) is 26.2. The maximum atomic E-state index is 13.4. The number of aliphatic hydroxyl groups is 1. The molecule has 8 heteroatoms. The summed E-state index contributed by atoms with van der Waals surface area (Å²) < 4.78 is 4.90. The van der Waals surface area contributed by atoms with Crippen molar-refractivity contribution in [2.75, 3.05) is 0 Å². The molecule has 0 rings (SSSR count). The molecule has 8 nitrogen and oxygen atoms in total. The van der Waals surface area contributed by atoms with Gasteiger partial charge >= 0.3 is 23.9 Å². The van der Waals surface area contributed by atoms with Crippen molar-refractivity contribution in [2.24, 2.45) is 11.3 Å². The second kappa shape index (κ2) is 16.6. The lowest BCUT2D eigenvalue weighted by Crippen LogP contribution is -2.64. The number of carbonyl (C=O) groups is 4. The zero-order valence-electron chi connectivity index (χ0n) is 21.6. The van der Waals surface area contributed by atoms with Crippen molar-refractivity contribution in [3.05, 3.63) is 0 Å². The quantitative estimate of drug-likeness (QED) is 0.117. The Labute approximate surface area is 204 Å². The highest BCUT2D eigenvalue weighted by Crippen LogP contribution is 2.49. The molecule has 0 aromatic heterocycles. The minimum absolute atomic E-state index is 0.0627. The maximum Gasteiger partial charge on any atom is 0.337 e. The molecule has 3 N–H and O–H groups in total. The van der Waals surface area contributed by atoms with Gasteiger partial charge in [-0.3, -0.25) is 14.4 Å². The Kier molecular flexibility index (Phi) is 15.7. The van der Waals surface area contributed by atoms with E-state index >= 15 is 0 Å². The highest BCUT2D eigenvalue weighted by Gasteiger charge is 2.66. The van der Waals surface area contributed by atoms with Gasteiger partial charge in [0.05, 0.1) is 5.92 Å². The normalized spacial score (nSPS) is 14.3. The fraction of sp³-hybridized carbons (Fsp3) is 0.846. The first-order valence-electron chi connectivity index (χ1n) is 13.0. The van der Waals surface area contributed by atoms with Crippen LogP contribution >= 0.6 is 0 Å². The van der Waals surface area contributed by atoms with Crippen LogP contribution in [0.3, 0.4) is 0 Å². The summed E-state index contributed by atoms with van der Waals surface area (Å²) in [4.78, 5) is 50.1. The van der Waals surface area contributed by atoms with E-state index in [9.17, 15) is 34.5 Å². The number of esters is 2. The lowest BCUT2D eigenvalue weighted by Gasteiger charge is -2.45. The standard InChI is InChI=1S/C26H46O8/c1-5-8-11-14-17-21(22(28)29)26(33,23(30)31)25(18-15-12-9-6-2,19-16-13-10-7-3)24(32)34-20(4)27/h21,33H,5-19H2,1-4H3,(H,28,29)(H,30,31). The molecule has 0 fully saturated rings. The molecule has 198 valence electrons. The Morgan fingerprint density at radius 3 is 1.53 bits per heavy atom. The van der Waals surface area contributed by atoms with Crippen LogP contribution in [0.1, 0.15) is 124 Å². The summed E-state index contributed by atoms with van der Waals surface area (Å²) >= 11 is 0. The van der Waals surface area contributed by atoms with Gasteiger partial charge in [-0.05, 0) is 19.3 Å². The second-order valence-electron chi connectivity index (χ2n) is 9.40. The van der Waals surface area contributed by atoms with Crippen molar-refractivity contribution >= 4 is 23.9 Å². The van der Waals surface area contributed by atoms with Crippen LogP contribution in [0.4, 0.5) is 0 Å². The molecule has 0 aromatic rings. The van der Waals surface area contributed by atoms with Crippen molar-refractivity contribution in [2.45, 2.75) is 130 Å². The second-order valence-corrected chi connectivity index (χ2v) is 9.40. The summed E-state index contributed by atoms with van der Waals surface area (Å²) in [6, 6.07) is 0. The molecule has 2 atom stereocenters. The van der Waals surface area contributed by atoms with Gasteiger partial charge in [-0.1, -0.05) is 97.8 Å². The molecular formula is C26H46O8. The van der Waals surface area contributed by atoms with Crippen LogP contribution in [-0.4, -0.2) is 44.8 Å². The van der Waals surface area contributed by atoms with E-state index in [1.54, 1.807) is 0 Å². The summed E-state index contributed by atoms with van der Waals surface area (Å²) in [6.45, 7) is 7.05. The average molecular weight is 487 g/mol. The lowest BCUT2D eigenvalue weighted by atomic mass is 9.59. The summed E-state index contributed by atoms with van der Waals surface area (Å²) in [5, 5.41) is 32.1. The molecule has 0 heterocycles. The van der Waals surface area contributed by atoms with Crippen molar-refractivity contribution in [1.82, 2.24) is 0 Å². The van der Waals surface area contributed by atoms with E-state index in [4.69, 9.17) is 4.74 Å². The number of carboxylic acid groups (broad SMARTS) is 2. The van der Waals surface area contributed by atoms with Gasteiger partial charge in [0.2, 0.25) is 0 Å². The Hall–Kier alpha value is -1.96. The number of unbranched alkanes of at least 4 members (excludes halogenated alkanes) is 9. The minimum Gasteiger partial charge on any atom is -0.481 e. The smallest absolute Gasteiger partial charge is 0.337 e. The van der Waals surface area contributed by atoms with E-state index in [2.05, 4.69) is 0 Å². The van der Waals surface area contributed by atoms with E-state index in [1.165, 1.54) is 0 Å². The fourth-order valence-electron chi connectivity index (χ4n) is 4.77. The van der Waals surface area contributed by atoms with E-state index in [0.29, 0.717) is 38.5 Å². The van der Waals surface area contributed by atoms with Crippen LogP contribution < -0.4 is 0 Å². The molecule has 34 heavy (non-hydrogen) atoms. The molecule has 0 aliphatic heterocycles. The monoisotopic (exact) mass is 486 g/mol. The number of carboxylic acids is 2. The number of carbonyl (C=O) groups excluding carboxylic acids is 2. The lowest BCUT2D eigenvalue weighted by molar-refractivity contribution is -0.210. The molecule has 0 bridgehead atoms. The SMILES string of the molecule is CCCCCCC(C(=O)O)C(O)(C(=O)O)C(CCCCCC)(CCCCCC)C(=O)OC(C)=O. The van der Waals surface area contributed by atoms with Crippen molar-refractivity contribution in [3.63, 3.8) is 0 Å². The highest BCUT2D eigenvalue weighted by molar-refractivity contribution is 5.96. The predicted molar refractivity (Wildman–Crippen MR) is 129 cm³/mol. The van der Waals surface area contributed by atoms with Crippen LogP contribution in [0.15, 0.2) is 0 Å². The van der Waals surface area contributed by atoms with Gasteiger partial charge in [-0.2, -0.15) is 0 Å². The first kappa shape index (κ1) is 32.0. The summed E-state index contributed by atoms with van der Waals surface area (Å²) in [6.07, 6.45) is 8.33. The molecule has 0 spiro atoms. The van der Waals surface area contributed by atoms with E-state index in [1.807, 2.05) is 20.8 Å². The number of ether oxygens (including phenoxy) is 1. The molecular weight excluding hydrogens is 440 g/mol. The predicted octanol–water partition coefficient (Wildman–Crippen LogP) is 5.49. The number of rotatable bonds is 20. The summed E-state index contributed by atoms with van der Waals surface area (Å²) in [5.74, 6) is -7.00. The van der Waals surface area contributed by atoms with Gasteiger partial charge in [-0.15, -0.1) is 0 Å². The molecule has 2 unspecified atom stereocenters. The van der Waals surface area contributed by atoms with Crippen molar-refractivity contribution in [3.8, 4) is 0 Å². The zero-order valence-corrected chi connectivity index (χ0v) is 21.6. The Balaban J connectivity index is 6.60. The van der Waals surface area contributed by atoms with Crippen LogP contribution in [0.5, 0.6) is 0 Å². The average Bonchev–Trinajstić information content (AvgIpc) is 2.76. The molecule has 0 aliphatic rings. The molecule has 0 saturated carbocycles. The van der Waals surface area contributed by atoms with Gasteiger partial charge in [0.1, 0.15) is 5.41 Å². The van der Waals surface area contributed by atoms with Crippen LogP contribution in [0, 0.1) is 11.3 Å². The van der Waals surface area contributed by atoms with E-state index in [0.717, 1.165) is 45.4 Å². The highest BCUT2D eigenvalue weighted by atomic mass is 16.6. The summed E-state index contributed by atoms with van der Waals surface area (Å²) in [7, 11) is 0. The molecule has 0 amide bonds. The molecule has 0 aliphatic carbocycles. The van der Waals surface area contributed by atoms with Crippen molar-refractivity contribution < 1.29 is 39.2 Å². The number of aliphatic carboxylic acids is 2. The van der Waals surface area contributed by atoms with Gasteiger partial charge in [0.25, 0.3) is 0 Å². The topological polar surface area (TPSA) is 138 Å². The molecule has 0 aromatic carbocycles. The maximum absolute atomic E-state index is 13.4. The van der Waals surface area contributed by atoms with E-state index < -0.39 is 40.8 Å². The Bertz CT molecular complexity index is 633. The Morgan fingerprint density at radius 1 is 0.735 bits per heavy atom. The fourth-order valence-corrected chi connectivity index (χ4v) is 4.77. The molecule has 0 radical (unpaired) electrons. The van der Waals surface area contributed by atoms with Crippen LogP contribution in [0.25, 0.3) is 0 Å². The first-order chi connectivity index (χ1) is 16.0.